The predicted octanol–water partition coefficient (Wildman–Crippen LogP) is 2.72. The van der Waals surface area contributed by atoms with Gasteiger partial charge in [0.25, 0.3) is 0 Å². The minimum atomic E-state index is 0.124. The lowest BCUT2D eigenvalue weighted by molar-refractivity contribution is -0.132. The van der Waals surface area contributed by atoms with Gasteiger partial charge >= 0.3 is 0 Å². The molecule has 3 aromatic rings. The predicted molar refractivity (Wildman–Crippen MR) is 110 cm³/mol. The van der Waals surface area contributed by atoms with Crippen LogP contribution in [-0.2, 0) is 22.4 Å². The van der Waals surface area contributed by atoms with Crippen LogP contribution in [0.25, 0.3) is 15.9 Å². The van der Waals surface area contributed by atoms with Crippen LogP contribution >= 0.6 is 23.1 Å². The second-order valence-electron chi connectivity index (χ2n) is 7.61. The maximum atomic E-state index is 12.5. The first-order valence-corrected chi connectivity index (χ1v) is 11.6. The topological polar surface area (TPSA) is 72.6 Å². The van der Waals surface area contributed by atoms with E-state index in [2.05, 4.69) is 17.1 Å². The van der Waals surface area contributed by atoms with E-state index in [1.54, 1.807) is 0 Å². The van der Waals surface area contributed by atoms with Gasteiger partial charge in [-0.3, -0.25) is 9.20 Å². The number of ether oxygens (including phenoxy) is 1. The van der Waals surface area contributed by atoms with Crippen molar-refractivity contribution in [1.29, 1.82) is 0 Å². The van der Waals surface area contributed by atoms with Crippen molar-refractivity contribution in [2.45, 2.75) is 38.3 Å². The molecule has 0 radical (unpaired) electrons. The molecule has 1 aliphatic carbocycles. The minimum absolute atomic E-state index is 0.124. The molecule has 0 unspecified atom stereocenters. The second kappa shape index (κ2) is 7.27. The zero-order chi connectivity index (χ0) is 19.3. The van der Waals surface area contributed by atoms with Crippen LogP contribution in [0.1, 0.15) is 29.6 Å². The number of aryl methyl sites for hydroxylation is 2. The van der Waals surface area contributed by atoms with Crippen LogP contribution in [0, 0.1) is 12.8 Å². The fraction of sp³-hybridized carbons (Fsp3) is 0.579. The van der Waals surface area contributed by atoms with Crippen molar-refractivity contribution in [3.63, 3.8) is 0 Å². The van der Waals surface area contributed by atoms with Crippen molar-refractivity contribution in [2.75, 3.05) is 32.1 Å². The van der Waals surface area contributed by atoms with Crippen LogP contribution in [0.15, 0.2) is 5.16 Å². The molecule has 0 saturated carbocycles. The Morgan fingerprint density at radius 3 is 2.96 bits per heavy atom. The quantitative estimate of drug-likeness (QED) is 0.610. The molecule has 4 heterocycles. The van der Waals surface area contributed by atoms with Crippen LogP contribution in [0.3, 0.4) is 0 Å². The van der Waals surface area contributed by atoms with Gasteiger partial charge in [-0.1, -0.05) is 18.7 Å². The first kappa shape index (κ1) is 18.3. The zero-order valence-electron chi connectivity index (χ0n) is 16.1. The van der Waals surface area contributed by atoms with E-state index in [-0.39, 0.29) is 5.91 Å². The third kappa shape index (κ3) is 3.09. The summed E-state index contributed by atoms with van der Waals surface area (Å²) in [6.07, 6.45) is 3.43. The van der Waals surface area contributed by atoms with E-state index in [4.69, 9.17) is 9.72 Å². The van der Waals surface area contributed by atoms with Gasteiger partial charge in [-0.05, 0) is 37.7 Å². The number of carbonyl (C=O) groups is 1. The molecule has 1 saturated heterocycles. The highest BCUT2D eigenvalue weighted by molar-refractivity contribution is 7.99. The van der Waals surface area contributed by atoms with Gasteiger partial charge in [0.05, 0.1) is 24.4 Å². The maximum Gasteiger partial charge on any atom is 0.233 e. The molecular weight excluding hydrogens is 394 g/mol. The molecule has 0 N–H and O–H groups in total. The number of fused-ring (bicyclic) bond motifs is 5. The summed E-state index contributed by atoms with van der Waals surface area (Å²) in [5, 5.41) is 10.8. The molecule has 3 aromatic heterocycles. The minimum Gasteiger partial charge on any atom is -0.378 e. The molecule has 1 amide bonds. The summed E-state index contributed by atoms with van der Waals surface area (Å²) >= 11 is 3.25. The van der Waals surface area contributed by atoms with Gasteiger partial charge in [0.2, 0.25) is 5.91 Å². The Balaban J connectivity index is 1.47. The fourth-order valence-electron chi connectivity index (χ4n) is 4.09. The fourth-order valence-corrected chi connectivity index (χ4v) is 6.39. The molecule has 28 heavy (non-hydrogen) atoms. The van der Waals surface area contributed by atoms with Gasteiger partial charge in [0, 0.05) is 18.0 Å². The number of morpholine rings is 1. The summed E-state index contributed by atoms with van der Waals surface area (Å²) in [4.78, 5) is 21.7. The molecule has 0 spiro atoms. The van der Waals surface area contributed by atoms with Crippen LogP contribution < -0.4 is 0 Å². The van der Waals surface area contributed by atoms with E-state index < -0.39 is 0 Å². The normalized spacial score (nSPS) is 20.1. The molecular formula is C19H23N5O2S2. The van der Waals surface area contributed by atoms with Crippen LogP contribution in [0.5, 0.6) is 0 Å². The number of carbonyl (C=O) groups excluding carboxylic acids is 1. The van der Waals surface area contributed by atoms with E-state index in [9.17, 15) is 4.79 Å². The van der Waals surface area contributed by atoms with Crippen LogP contribution in [-0.4, -0.2) is 62.4 Å². The number of thiophene rings is 1. The molecule has 0 aromatic carbocycles. The average molecular weight is 418 g/mol. The summed E-state index contributed by atoms with van der Waals surface area (Å²) < 4.78 is 7.34. The van der Waals surface area contributed by atoms with Crippen molar-refractivity contribution in [3.05, 3.63) is 16.3 Å². The highest BCUT2D eigenvalue weighted by Crippen LogP contribution is 2.39. The molecule has 1 atom stereocenters. The monoisotopic (exact) mass is 417 g/mol. The Kier molecular flexibility index (Phi) is 4.76. The van der Waals surface area contributed by atoms with Gasteiger partial charge in [0.15, 0.2) is 10.8 Å². The first-order chi connectivity index (χ1) is 13.6. The standard InChI is InChI=1S/C19H23N5O2S2/c1-11-3-4-13-14(9-11)28-18-16(13)17-21-22-19(24(17)12(2)20-18)27-10-15(25)23-5-7-26-8-6-23/h11H,3-10H2,1-2H3/t11-/m0/s1. The Morgan fingerprint density at radius 1 is 1.32 bits per heavy atom. The van der Waals surface area contributed by atoms with Crippen molar-refractivity contribution >= 4 is 44.9 Å². The molecule has 2 aliphatic rings. The number of aromatic nitrogens is 4. The molecule has 5 rings (SSSR count). The highest BCUT2D eigenvalue weighted by atomic mass is 32.2. The van der Waals surface area contributed by atoms with Crippen molar-refractivity contribution < 1.29 is 9.53 Å². The Hall–Kier alpha value is -1.71. The lowest BCUT2D eigenvalue weighted by Gasteiger charge is -2.26. The van der Waals surface area contributed by atoms with Crippen molar-refractivity contribution in [1.82, 2.24) is 24.5 Å². The summed E-state index contributed by atoms with van der Waals surface area (Å²) in [5.74, 6) is 2.09. The third-order valence-corrected chi connectivity index (χ3v) is 7.69. The van der Waals surface area contributed by atoms with E-state index in [1.807, 2.05) is 27.6 Å². The number of hydrogen-bond donors (Lipinski definition) is 0. The molecule has 1 fully saturated rings. The van der Waals surface area contributed by atoms with Crippen LogP contribution in [0.2, 0.25) is 0 Å². The maximum absolute atomic E-state index is 12.5. The van der Waals surface area contributed by atoms with E-state index in [0.717, 1.165) is 45.6 Å². The van der Waals surface area contributed by atoms with E-state index in [0.29, 0.717) is 32.1 Å². The molecule has 148 valence electrons. The SMILES string of the molecule is Cc1nc2sc3c(c2c2nnc(SCC(=O)N4CCOCC4)n12)CC[C@H](C)C3. The molecule has 9 heteroatoms. The summed E-state index contributed by atoms with van der Waals surface area (Å²) in [6.45, 7) is 6.88. The van der Waals surface area contributed by atoms with E-state index in [1.165, 1.54) is 28.6 Å². The zero-order valence-corrected chi connectivity index (χ0v) is 17.7. The van der Waals surface area contributed by atoms with Gasteiger partial charge < -0.3 is 9.64 Å². The van der Waals surface area contributed by atoms with Crippen LogP contribution in [0.4, 0.5) is 0 Å². The van der Waals surface area contributed by atoms with Gasteiger partial charge in [-0.15, -0.1) is 21.5 Å². The largest absolute Gasteiger partial charge is 0.378 e. The number of rotatable bonds is 3. The van der Waals surface area contributed by atoms with Gasteiger partial charge in [-0.25, -0.2) is 4.98 Å². The number of thioether (sulfide) groups is 1. The summed E-state index contributed by atoms with van der Waals surface area (Å²) in [5.41, 5.74) is 2.29. The smallest absolute Gasteiger partial charge is 0.233 e. The summed E-state index contributed by atoms with van der Waals surface area (Å²) in [6, 6.07) is 0. The Bertz CT molecular complexity index is 1050. The first-order valence-electron chi connectivity index (χ1n) is 9.76. The molecule has 7 nitrogen and oxygen atoms in total. The van der Waals surface area contributed by atoms with Gasteiger partial charge in [-0.2, -0.15) is 0 Å². The average Bonchev–Trinajstić information content (AvgIpc) is 3.27. The number of amides is 1. The highest BCUT2D eigenvalue weighted by Gasteiger charge is 2.25. The molecule has 1 aliphatic heterocycles. The number of hydrogen-bond acceptors (Lipinski definition) is 7. The van der Waals surface area contributed by atoms with Crippen molar-refractivity contribution in [3.8, 4) is 0 Å². The summed E-state index contributed by atoms with van der Waals surface area (Å²) in [7, 11) is 0. The Labute approximate surface area is 171 Å². The lowest BCUT2D eigenvalue weighted by atomic mass is 9.89. The Morgan fingerprint density at radius 2 is 2.14 bits per heavy atom. The number of nitrogens with zero attached hydrogens (tertiary/aromatic N) is 5. The molecule has 0 bridgehead atoms. The van der Waals surface area contributed by atoms with E-state index >= 15 is 0 Å². The third-order valence-electron chi connectivity index (χ3n) is 5.63. The lowest BCUT2D eigenvalue weighted by Crippen LogP contribution is -2.41. The second-order valence-corrected chi connectivity index (χ2v) is 9.64. The van der Waals surface area contributed by atoms with Gasteiger partial charge in [0.1, 0.15) is 10.7 Å². The van der Waals surface area contributed by atoms with Crippen molar-refractivity contribution in [2.24, 2.45) is 5.92 Å².